The average molecular weight is 436 g/mol. The van der Waals surface area contributed by atoms with Gasteiger partial charge in [-0.15, -0.1) is 10.2 Å². The molecule has 1 aromatic heterocycles. The first-order chi connectivity index (χ1) is 15.6. The fourth-order valence-electron chi connectivity index (χ4n) is 4.02. The zero-order chi connectivity index (χ0) is 22.4. The van der Waals surface area contributed by atoms with Gasteiger partial charge in [-0.25, -0.2) is 0 Å². The van der Waals surface area contributed by atoms with Gasteiger partial charge in [0.2, 0.25) is 17.7 Å². The van der Waals surface area contributed by atoms with Crippen LogP contribution in [0.1, 0.15) is 36.3 Å². The molecule has 2 aromatic carbocycles. The summed E-state index contributed by atoms with van der Waals surface area (Å²) in [7, 11) is 1.66. The minimum absolute atomic E-state index is 0.0283. The lowest BCUT2D eigenvalue weighted by Crippen LogP contribution is -2.44. The van der Waals surface area contributed by atoms with Crippen LogP contribution < -0.4 is 10.1 Å². The Kier molecular flexibility index (Phi) is 6.85. The molecular weight excluding hydrogens is 406 g/mol. The molecule has 1 saturated heterocycles. The van der Waals surface area contributed by atoms with Crippen molar-refractivity contribution in [1.29, 1.82) is 0 Å². The van der Waals surface area contributed by atoms with Crippen LogP contribution in [-0.2, 0) is 21.4 Å². The van der Waals surface area contributed by atoms with Gasteiger partial charge in [-0.3, -0.25) is 4.79 Å². The predicted molar refractivity (Wildman–Crippen MR) is 121 cm³/mol. The van der Waals surface area contributed by atoms with Gasteiger partial charge >= 0.3 is 0 Å². The van der Waals surface area contributed by atoms with E-state index in [0.29, 0.717) is 44.4 Å². The molecule has 0 atom stereocenters. The van der Waals surface area contributed by atoms with E-state index in [1.54, 1.807) is 7.11 Å². The summed E-state index contributed by atoms with van der Waals surface area (Å²) in [5.41, 5.74) is 3.10. The van der Waals surface area contributed by atoms with Crippen molar-refractivity contribution in [3.05, 3.63) is 65.5 Å². The lowest BCUT2D eigenvalue weighted by Gasteiger charge is -2.38. The first-order valence-corrected chi connectivity index (χ1v) is 11.0. The molecule has 1 amide bonds. The van der Waals surface area contributed by atoms with Crippen LogP contribution in [0.2, 0.25) is 0 Å². The van der Waals surface area contributed by atoms with E-state index in [2.05, 4.69) is 27.6 Å². The highest BCUT2D eigenvalue weighted by Gasteiger charge is 2.34. The van der Waals surface area contributed by atoms with Crippen molar-refractivity contribution in [2.75, 3.05) is 26.9 Å². The van der Waals surface area contributed by atoms with Gasteiger partial charge in [-0.1, -0.05) is 29.8 Å². The number of carbonyl (C=O) groups excluding carboxylic acids is 1. The van der Waals surface area contributed by atoms with Crippen molar-refractivity contribution >= 4 is 5.91 Å². The quantitative estimate of drug-likeness (QED) is 0.578. The van der Waals surface area contributed by atoms with Gasteiger partial charge in [0.15, 0.2) is 0 Å². The van der Waals surface area contributed by atoms with Crippen LogP contribution in [0.3, 0.4) is 0 Å². The molecule has 0 unspecified atom stereocenters. The van der Waals surface area contributed by atoms with Crippen molar-refractivity contribution in [1.82, 2.24) is 15.5 Å². The van der Waals surface area contributed by atoms with Crippen LogP contribution in [0.5, 0.6) is 5.75 Å². The van der Waals surface area contributed by atoms with Crippen molar-refractivity contribution in [2.45, 2.75) is 38.0 Å². The fourth-order valence-corrected chi connectivity index (χ4v) is 4.02. The standard InChI is InChI=1S/C25H29N3O4/c1-18-3-5-19(6-4-18)24-28-27-23(32-24)12-11-22(29)26-17-25(13-15-31-16-14-25)20-7-9-21(30-2)10-8-20/h3-10H,11-17H2,1-2H3,(H,26,29). The number of methoxy groups -OCH3 is 1. The van der Waals surface area contributed by atoms with Crippen LogP contribution in [0.15, 0.2) is 52.9 Å². The number of nitrogens with one attached hydrogen (secondary N) is 1. The second kappa shape index (κ2) is 9.96. The first kappa shape index (κ1) is 22.0. The third kappa shape index (κ3) is 5.16. The number of hydrogen-bond donors (Lipinski definition) is 1. The summed E-state index contributed by atoms with van der Waals surface area (Å²) in [5, 5.41) is 11.3. The van der Waals surface area contributed by atoms with Crippen LogP contribution >= 0.6 is 0 Å². The Bertz CT molecular complexity index is 1020. The summed E-state index contributed by atoms with van der Waals surface area (Å²) in [5.74, 6) is 1.73. The average Bonchev–Trinajstić information content (AvgIpc) is 3.31. The van der Waals surface area contributed by atoms with Gasteiger partial charge < -0.3 is 19.2 Å². The summed E-state index contributed by atoms with van der Waals surface area (Å²) in [4.78, 5) is 12.6. The molecule has 32 heavy (non-hydrogen) atoms. The van der Waals surface area contributed by atoms with E-state index in [1.807, 2.05) is 43.3 Å². The lowest BCUT2D eigenvalue weighted by molar-refractivity contribution is -0.121. The first-order valence-electron chi connectivity index (χ1n) is 11.0. The van der Waals surface area contributed by atoms with Crippen molar-refractivity contribution in [3.8, 4) is 17.2 Å². The molecule has 1 fully saturated rings. The molecule has 1 aliphatic rings. The number of ether oxygens (including phenoxy) is 2. The van der Waals surface area contributed by atoms with Gasteiger partial charge in [-0.2, -0.15) is 0 Å². The normalized spacial score (nSPS) is 15.3. The van der Waals surface area contributed by atoms with Crippen molar-refractivity contribution in [3.63, 3.8) is 0 Å². The van der Waals surface area contributed by atoms with Gasteiger partial charge in [-0.05, 0) is 49.6 Å². The Balaban J connectivity index is 1.34. The topological polar surface area (TPSA) is 86.5 Å². The van der Waals surface area contributed by atoms with Crippen LogP contribution in [0, 0.1) is 6.92 Å². The molecule has 1 N–H and O–H groups in total. The summed E-state index contributed by atoms with van der Waals surface area (Å²) in [6.45, 7) is 3.97. The summed E-state index contributed by atoms with van der Waals surface area (Å²) in [6.07, 6.45) is 2.43. The van der Waals surface area contributed by atoms with E-state index in [-0.39, 0.29) is 11.3 Å². The minimum Gasteiger partial charge on any atom is -0.497 e. The maximum Gasteiger partial charge on any atom is 0.247 e. The van der Waals surface area contributed by atoms with Crippen molar-refractivity contribution < 1.29 is 18.7 Å². The van der Waals surface area contributed by atoms with E-state index in [9.17, 15) is 4.79 Å². The molecule has 4 rings (SSSR count). The van der Waals surface area contributed by atoms with Crippen LogP contribution in [0.4, 0.5) is 0 Å². The molecule has 0 spiro atoms. The van der Waals surface area contributed by atoms with E-state index in [1.165, 1.54) is 11.1 Å². The number of aryl methyl sites for hydroxylation is 2. The fraction of sp³-hybridized carbons (Fsp3) is 0.400. The second-order valence-electron chi connectivity index (χ2n) is 8.26. The maximum absolute atomic E-state index is 12.6. The third-order valence-corrected chi connectivity index (χ3v) is 6.11. The Labute approximate surface area is 188 Å². The highest BCUT2D eigenvalue weighted by molar-refractivity contribution is 5.76. The van der Waals surface area contributed by atoms with Gasteiger partial charge in [0.05, 0.1) is 7.11 Å². The molecule has 7 nitrogen and oxygen atoms in total. The highest BCUT2D eigenvalue weighted by atomic mass is 16.5. The van der Waals surface area contributed by atoms with Crippen LogP contribution in [0.25, 0.3) is 11.5 Å². The summed E-state index contributed by atoms with van der Waals surface area (Å²) >= 11 is 0. The number of benzene rings is 2. The number of aromatic nitrogens is 2. The van der Waals surface area contributed by atoms with E-state index in [0.717, 1.165) is 24.2 Å². The molecule has 3 aromatic rings. The minimum atomic E-state index is -0.136. The maximum atomic E-state index is 12.6. The second-order valence-corrected chi connectivity index (χ2v) is 8.26. The Morgan fingerprint density at radius 1 is 1.06 bits per heavy atom. The zero-order valence-electron chi connectivity index (χ0n) is 18.6. The molecule has 0 radical (unpaired) electrons. The molecule has 1 aliphatic heterocycles. The Hall–Kier alpha value is -3.19. The molecular formula is C25H29N3O4. The number of carbonyl (C=O) groups is 1. The Morgan fingerprint density at radius 2 is 1.78 bits per heavy atom. The molecule has 0 saturated carbocycles. The van der Waals surface area contributed by atoms with E-state index >= 15 is 0 Å². The SMILES string of the molecule is COc1ccc(C2(CNC(=O)CCc3nnc(-c4ccc(C)cc4)o3)CCOCC2)cc1. The highest BCUT2D eigenvalue weighted by Crippen LogP contribution is 2.35. The third-order valence-electron chi connectivity index (χ3n) is 6.11. The Morgan fingerprint density at radius 3 is 2.47 bits per heavy atom. The van der Waals surface area contributed by atoms with Gasteiger partial charge in [0.1, 0.15) is 5.75 Å². The summed E-state index contributed by atoms with van der Waals surface area (Å²) in [6, 6.07) is 16.0. The molecule has 168 valence electrons. The van der Waals surface area contributed by atoms with Crippen LogP contribution in [-0.4, -0.2) is 43.0 Å². The smallest absolute Gasteiger partial charge is 0.247 e. The molecule has 2 heterocycles. The van der Waals surface area contributed by atoms with E-state index < -0.39 is 0 Å². The number of nitrogens with zero attached hydrogens (tertiary/aromatic N) is 2. The van der Waals surface area contributed by atoms with Crippen molar-refractivity contribution in [2.24, 2.45) is 0 Å². The largest absolute Gasteiger partial charge is 0.497 e. The van der Waals surface area contributed by atoms with Gasteiger partial charge in [0, 0.05) is 43.6 Å². The van der Waals surface area contributed by atoms with E-state index in [4.69, 9.17) is 13.9 Å². The number of hydrogen-bond acceptors (Lipinski definition) is 6. The molecule has 7 heteroatoms. The predicted octanol–water partition coefficient (Wildman–Crippen LogP) is 3.85. The molecule has 0 bridgehead atoms. The number of amides is 1. The molecule has 0 aliphatic carbocycles. The lowest BCUT2D eigenvalue weighted by atomic mass is 9.74. The zero-order valence-corrected chi connectivity index (χ0v) is 18.6. The summed E-state index contributed by atoms with van der Waals surface area (Å²) < 4.78 is 16.6. The number of rotatable bonds is 8. The monoisotopic (exact) mass is 435 g/mol. The van der Waals surface area contributed by atoms with Gasteiger partial charge in [0.25, 0.3) is 0 Å².